The summed E-state index contributed by atoms with van der Waals surface area (Å²) < 4.78 is 0. The molecule has 0 aromatic rings. The number of carbonyl (C=O) groups is 1. The van der Waals surface area contributed by atoms with Gasteiger partial charge in [-0.05, 0) is 38.3 Å². The first-order valence-electron chi connectivity index (χ1n) is 4.86. The molecule has 2 saturated heterocycles. The highest BCUT2D eigenvalue weighted by Crippen LogP contribution is 2.25. The second kappa shape index (κ2) is 3.44. The quantitative estimate of drug-likeness (QED) is 0.584. The summed E-state index contributed by atoms with van der Waals surface area (Å²) in [6.07, 6.45) is 3.50. The third-order valence-electron chi connectivity index (χ3n) is 3.00. The Morgan fingerprint density at radius 3 is 2.75 bits per heavy atom. The van der Waals surface area contributed by atoms with Crippen molar-refractivity contribution in [3.8, 4) is 0 Å². The van der Waals surface area contributed by atoms with Crippen LogP contribution in [0.15, 0.2) is 0 Å². The predicted molar refractivity (Wildman–Crippen MR) is 46.7 cm³/mol. The number of carbonyl (C=O) groups excluding carboxylic acids is 1. The van der Waals surface area contributed by atoms with Gasteiger partial charge in [0, 0.05) is 12.5 Å². The first-order chi connectivity index (χ1) is 5.88. The number of nitrogens with one attached hydrogen (secondary N) is 2. The van der Waals surface area contributed by atoms with Crippen LogP contribution in [-0.4, -0.2) is 25.5 Å². The average Bonchev–Trinajstić information content (AvgIpc) is 2.53. The third kappa shape index (κ3) is 1.46. The van der Waals surface area contributed by atoms with Crippen molar-refractivity contribution in [2.75, 3.05) is 19.6 Å². The van der Waals surface area contributed by atoms with Crippen LogP contribution >= 0.6 is 0 Å². The van der Waals surface area contributed by atoms with Gasteiger partial charge >= 0.3 is 0 Å². The van der Waals surface area contributed by atoms with Crippen LogP contribution in [0.25, 0.3) is 0 Å². The van der Waals surface area contributed by atoms with Gasteiger partial charge in [0.1, 0.15) is 0 Å². The molecule has 2 fully saturated rings. The zero-order valence-electron chi connectivity index (χ0n) is 7.31. The molecule has 2 aliphatic heterocycles. The summed E-state index contributed by atoms with van der Waals surface area (Å²) in [4.78, 5) is 11.3. The summed E-state index contributed by atoms with van der Waals surface area (Å²) in [6, 6.07) is 0. The number of hydrogen-bond acceptors (Lipinski definition) is 2. The first-order valence-corrected chi connectivity index (χ1v) is 4.86. The molecule has 2 unspecified atom stereocenters. The fourth-order valence-electron chi connectivity index (χ4n) is 2.29. The highest BCUT2D eigenvalue weighted by molar-refractivity contribution is 5.80. The van der Waals surface area contributed by atoms with Crippen LogP contribution < -0.4 is 10.6 Å². The van der Waals surface area contributed by atoms with E-state index in [0.29, 0.717) is 11.8 Å². The van der Waals surface area contributed by atoms with Crippen molar-refractivity contribution >= 4 is 5.91 Å². The highest BCUT2D eigenvalue weighted by atomic mass is 16.2. The van der Waals surface area contributed by atoms with Crippen LogP contribution in [0.2, 0.25) is 0 Å². The van der Waals surface area contributed by atoms with Crippen molar-refractivity contribution in [2.45, 2.75) is 19.3 Å². The summed E-state index contributed by atoms with van der Waals surface area (Å²) in [5.41, 5.74) is 0. The van der Waals surface area contributed by atoms with E-state index in [0.717, 1.165) is 26.1 Å². The molecule has 0 aromatic carbocycles. The maximum Gasteiger partial charge on any atom is 0.223 e. The zero-order valence-corrected chi connectivity index (χ0v) is 7.31. The number of amides is 1. The molecular weight excluding hydrogens is 152 g/mol. The Labute approximate surface area is 72.9 Å². The van der Waals surface area contributed by atoms with E-state index in [1.165, 1.54) is 12.8 Å². The van der Waals surface area contributed by atoms with Gasteiger partial charge in [-0.3, -0.25) is 4.79 Å². The van der Waals surface area contributed by atoms with E-state index in [1.807, 2.05) is 0 Å². The lowest BCUT2D eigenvalue weighted by molar-refractivity contribution is -0.124. The zero-order chi connectivity index (χ0) is 8.39. The SMILES string of the molecule is O=C1NCCC1C1CCCNC1. The van der Waals surface area contributed by atoms with E-state index in [-0.39, 0.29) is 5.91 Å². The van der Waals surface area contributed by atoms with Crippen LogP contribution in [0.3, 0.4) is 0 Å². The van der Waals surface area contributed by atoms with Gasteiger partial charge in [-0.15, -0.1) is 0 Å². The van der Waals surface area contributed by atoms with Gasteiger partial charge in [0.05, 0.1) is 0 Å². The molecule has 0 saturated carbocycles. The number of hydrogen-bond donors (Lipinski definition) is 2. The van der Waals surface area contributed by atoms with E-state index in [9.17, 15) is 4.79 Å². The topological polar surface area (TPSA) is 41.1 Å². The Morgan fingerprint density at radius 2 is 2.17 bits per heavy atom. The first kappa shape index (κ1) is 8.05. The van der Waals surface area contributed by atoms with E-state index >= 15 is 0 Å². The molecule has 2 heterocycles. The van der Waals surface area contributed by atoms with Gasteiger partial charge in [0.15, 0.2) is 0 Å². The second-order valence-electron chi connectivity index (χ2n) is 3.79. The van der Waals surface area contributed by atoms with Crippen molar-refractivity contribution < 1.29 is 4.79 Å². The van der Waals surface area contributed by atoms with E-state index in [4.69, 9.17) is 0 Å². The molecule has 2 aliphatic rings. The van der Waals surface area contributed by atoms with Crippen molar-refractivity contribution in [1.82, 2.24) is 10.6 Å². The lowest BCUT2D eigenvalue weighted by Gasteiger charge is -2.26. The van der Waals surface area contributed by atoms with E-state index < -0.39 is 0 Å². The minimum absolute atomic E-state index is 0.281. The molecule has 2 atom stereocenters. The van der Waals surface area contributed by atoms with Gasteiger partial charge < -0.3 is 10.6 Å². The summed E-state index contributed by atoms with van der Waals surface area (Å²) in [7, 11) is 0. The highest BCUT2D eigenvalue weighted by Gasteiger charge is 2.32. The van der Waals surface area contributed by atoms with Crippen molar-refractivity contribution in [2.24, 2.45) is 11.8 Å². The minimum Gasteiger partial charge on any atom is -0.356 e. The van der Waals surface area contributed by atoms with Crippen molar-refractivity contribution in [1.29, 1.82) is 0 Å². The number of piperidine rings is 1. The van der Waals surface area contributed by atoms with Crippen LogP contribution in [0.5, 0.6) is 0 Å². The molecule has 12 heavy (non-hydrogen) atoms. The maximum absolute atomic E-state index is 11.3. The normalized spacial score (nSPS) is 36.5. The molecule has 2 N–H and O–H groups in total. The monoisotopic (exact) mass is 168 g/mol. The summed E-state index contributed by atoms with van der Waals surface area (Å²) in [5, 5.41) is 6.25. The minimum atomic E-state index is 0.281. The Bertz CT molecular complexity index is 175. The third-order valence-corrected chi connectivity index (χ3v) is 3.00. The fourth-order valence-corrected chi connectivity index (χ4v) is 2.29. The van der Waals surface area contributed by atoms with Crippen LogP contribution in [0, 0.1) is 11.8 Å². The molecule has 0 aromatic heterocycles. The molecule has 0 spiro atoms. The Morgan fingerprint density at radius 1 is 1.25 bits per heavy atom. The van der Waals surface area contributed by atoms with Gasteiger partial charge in [-0.2, -0.15) is 0 Å². The standard InChI is InChI=1S/C9H16N2O/c12-9-8(3-5-11-9)7-2-1-4-10-6-7/h7-8,10H,1-6H2,(H,11,12). The van der Waals surface area contributed by atoms with Gasteiger partial charge in [-0.1, -0.05) is 0 Å². The molecular formula is C9H16N2O. The van der Waals surface area contributed by atoms with Crippen LogP contribution in [0.4, 0.5) is 0 Å². The smallest absolute Gasteiger partial charge is 0.223 e. The Kier molecular flexibility index (Phi) is 2.30. The molecule has 0 radical (unpaired) electrons. The molecule has 3 nitrogen and oxygen atoms in total. The fraction of sp³-hybridized carbons (Fsp3) is 0.889. The van der Waals surface area contributed by atoms with Gasteiger partial charge in [0.2, 0.25) is 5.91 Å². The second-order valence-corrected chi connectivity index (χ2v) is 3.79. The molecule has 1 amide bonds. The molecule has 3 heteroatoms. The average molecular weight is 168 g/mol. The maximum atomic E-state index is 11.3. The van der Waals surface area contributed by atoms with E-state index in [2.05, 4.69) is 10.6 Å². The summed E-state index contributed by atoms with van der Waals surface area (Å²) in [5.74, 6) is 1.18. The summed E-state index contributed by atoms with van der Waals surface area (Å²) in [6.45, 7) is 3.06. The van der Waals surface area contributed by atoms with Crippen molar-refractivity contribution in [3.05, 3.63) is 0 Å². The molecule has 2 rings (SSSR count). The van der Waals surface area contributed by atoms with Crippen LogP contribution in [0.1, 0.15) is 19.3 Å². The molecule has 68 valence electrons. The Hall–Kier alpha value is -0.570. The lowest BCUT2D eigenvalue weighted by atomic mass is 9.85. The predicted octanol–water partition coefficient (Wildman–Crippen LogP) is 0.122. The Balaban J connectivity index is 1.93. The largest absolute Gasteiger partial charge is 0.356 e. The van der Waals surface area contributed by atoms with Gasteiger partial charge in [0.25, 0.3) is 0 Å². The van der Waals surface area contributed by atoms with Crippen LogP contribution in [-0.2, 0) is 4.79 Å². The summed E-state index contributed by atoms with van der Waals surface area (Å²) >= 11 is 0. The molecule has 0 bridgehead atoms. The van der Waals surface area contributed by atoms with Crippen molar-refractivity contribution in [3.63, 3.8) is 0 Å². The lowest BCUT2D eigenvalue weighted by Crippen LogP contribution is -2.36. The van der Waals surface area contributed by atoms with Gasteiger partial charge in [-0.25, -0.2) is 0 Å². The molecule has 0 aliphatic carbocycles. The number of rotatable bonds is 1. The van der Waals surface area contributed by atoms with E-state index in [1.54, 1.807) is 0 Å².